The van der Waals surface area contributed by atoms with Gasteiger partial charge in [-0.2, -0.15) is 0 Å². The van der Waals surface area contributed by atoms with Crippen molar-refractivity contribution < 1.29 is 131 Å². The van der Waals surface area contributed by atoms with Gasteiger partial charge in [-0.3, -0.25) is 9.59 Å². The minimum atomic E-state index is -1.48. The van der Waals surface area contributed by atoms with Gasteiger partial charge in [-0.1, -0.05) is 0 Å². The first-order valence-electron chi connectivity index (χ1n) is 21.2. The van der Waals surface area contributed by atoms with E-state index in [1.54, 1.807) is 59.3 Å². The predicted octanol–water partition coefficient (Wildman–Crippen LogP) is -3.27. The number of hydrogen-bond acceptors (Lipinski definition) is 17. The molecule has 0 unspecified atom stereocenters. The second-order valence-electron chi connectivity index (χ2n) is 14.8. The third kappa shape index (κ3) is 13.6. The van der Waals surface area contributed by atoms with Crippen LogP contribution in [0, 0.1) is 13.8 Å². The van der Waals surface area contributed by atoms with Crippen molar-refractivity contribution >= 4 is 45.9 Å². The van der Waals surface area contributed by atoms with Crippen LogP contribution in [0.3, 0.4) is 0 Å². The molecule has 0 saturated carbocycles. The van der Waals surface area contributed by atoms with Gasteiger partial charge in [-0.15, -0.1) is 0 Å². The number of ketones is 2. The number of nitrogens with zero attached hydrogens (tertiary/aromatic N) is 2. The van der Waals surface area contributed by atoms with Crippen LogP contribution in [0.15, 0.2) is 73.1 Å². The van der Waals surface area contributed by atoms with Gasteiger partial charge in [0, 0.05) is 57.1 Å². The van der Waals surface area contributed by atoms with Crippen molar-refractivity contribution in [2.75, 3.05) is 105 Å². The molecule has 6 rings (SSSR count). The molecule has 0 bridgehead atoms. The molecule has 4 aromatic heterocycles. The summed E-state index contributed by atoms with van der Waals surface area (Å²) in [7, 11) is 2.99. The Morgan fingerprint density at radius 1 is 0.507 bits per heavy atom. The predicted molar refractivity (Wildman–Crippen MR) is 240 cm³/mol. The average molecular weight is 971 g/mol. The normalized spacial score (nSPS) is 11.0. The Balaban J connectivity index is 0.00000518. The fourth-order valence-electron chi connectivity index (χ4n) is 7.44. The van der Waals surface area contributed by atoms with Gasteiger partial charge in [0.1, 0.15) is 47.1 Å². The zero-order valence-electron chi connectivity index (χ0n) is 39.6. The van der Waals surface area contributed by atoms with Crippen LogP contribution < -0.4 is 99.7 Å². The minimum Gasteiger partial charge on any atom is -0.545 e. The Kier molecular flexibility index (Phi) is 22.3. The van der Waals surface area contributed by atoms with E-state index in [1.165, 1.54) is 50.6 Å². The number of carbonyl (C=O) groups is 4. The zero-order valence-corrected chi connectivity index (χ0v) is 43.6. The zero-order chi connectivity index (χ0) is 48.0. The fourth-order valence-corrected chi connectivity index (χ4v) is 7.44. The topological polar surface area (TPSA) is 258 Å². The summed E-state index contributed by atoms with van der Waals surface area (Å²) in [5.41, 5.74) is 14.0. The van der Waals surface area contributed by atoms with Crippen LogP contribution >= 0.6 is 0 Å². The minimum absolute atomic E-state index is 0. The molecule has 356 valence electrons. The number of nitrogen functional groups attached to an aromatic ring is 2. The van der Waals surface area contributed by atoms with E-state index in [0.29, 0.717) is 98.0 Å². The summed E-state index contributed by atoms with van der Waals surface area (Å²) in [6.07, 6.45) is 3.40. The van der Waals surface area contributed by atoms with E-state index in [9.17, 15) is 29.4 Å². The van der Waals surface area contributed by atoms with Gasteiger partial charge in [0.2, 0.25) is 11.6 Å². The van der Waals surface area contributed by atoms with Gasteiger partial charge in [-0.25, -0.2) is 0 Å². The Morgan fingerprint density at radius 3 is 1.13 bits per heavy atom. The number of fused-ring (bicyclic) bond motifs is 2. The molecule has 69 heavy (non-hydrogen) atoms. The molecule has 0 amide bonds. The number of anilines is 2. The fraction of sp³-hybridized carbons (Fsp3) is 0.333. The summed E-state index contributed by atoms with van der Waals surface area (Å²) in [6, 6.07) is 15.0. The van der Waals surface area contributed by atoms with Gasteiger partial charge in [-0.05, 0) is 74.5 Å². The van der Waals surface area contributed by atoms with Crippen molar-refractivity contribution in [2.45, 2.75) is 13.8 Å². The van der Waals surface area contributed by atoms with E-state index in [0.717, 1.165) is 0 Å². The van der Waals surface area contributed by atoms with E-state index in [-0.39, 0.29) is 131 Å². The first-order chi connectivity index (χ1) is 32.4. The van der Waals surface area contributed by atoms with E-state index in [2.05, 4.69) is 0 Å². The molecule has 0 aliphatic heterocycles. The second kappa shape index (κ2) is 27.3. The first-order valence-corrected chi connectivity index (χ1v) is 21.2. The Hall–Kier alpha value is -5.16. The van der Waals surface area contributed by atoms with Gasteiger partial charge in [0.05, 0.1) is 92.2 Å². The number of aromatic carboxylic acids is 2. The van der Waals surface area contributed by atoms with Crippen molar-refractivity contribution in [3.63, 3.8) is 0 Å². The van der Waals surface area contributed by atoms with Crippen LogP contribution in [0.1, 0.15) is 63.9 Å². The van der Waals surface area contributed by atoms with Crippen LogP contribution in [-0.2, 0) is 23.7 Å². The van der Waals surface area contributed by atoms with E-state index >= 15 is 0 Å². The van der Waals surface area contributed by atoms with Crippen molar-refractivity contribution in [3.05, 3.63) is 118 Å². The molecule has 21 heteroatoms. The summed E-state index contributed by atoms with van der Waals surface area (Å²) < 4.78 is 54.7. The van der Waals surface area contributed by atoms with Gasteiger partial charge < -0.3 is 82.7 Å². The maximum Gasteiger partial charge on any atom is 1.00 e. The van der Waals surface area contributed by atoms with Crippen LogP contribution in [0.2, 0.25) is 0 Å². The number of carbonyl (C=O) groups excluding carboxylic acids is 4. The van der Waals surface area contributed by atoms with Crippen molar-refractivity contribution in [1.82, 2.24) is 8.80 Å². The number of nitrogens with two attached hydrogens (primary N) is 2. The molecule has 19 nitrogen and oxygen atoms in total. The summed E-state index contributed by atoms with van der Waals surface area (Å²) in [5, 5.41) is 23.0. The maximum absolute atomic E-state index is 13.6. The standard InChI is InChI=1S/C48H54N4O15.2Na/c1-29-39(43(53)31-9-11-35(49)33(27-31)47(55)56)51-13-5-7-37(41(51)45(29)59-3)66-25-23-64-21-19-62-17-15-61-16-18-63-20-22-65-24-26-67-38-8-6-14-52-40(30(2)46(60-4)42(38)52)44(54)32-10-12-36(50)34(28-32)48(57)58;;/h5-14,27-28H,15-26,49-50H2,1-4H3,(H,55,56)(H,57,58);;/q;2*+1/p-2. The third-order valence-electron chi connectivity index (χ3n) is 10.6. The number of carboxylic acids is 2. The molecule has 4 N–H and O–H groups in total. The van der Waals surface area contributed by atoms with Crippen LogP contribution in [0.4, 0.5) is 11.4 Å². The summed E-state index contributed by atoms with van der Waals surface area (Å²) in [6.45, 7) is 7.33. The molecule has 4 heterocycles. The van der Waals surface area contributed by atoms with Crippen molar-refractivity contribution in [3.8, 4) is 23.0 Å². The molecule has 0 atom stereocenters. The molecule has 2 aromatic carbocycles. The molecule has 6 aromatic rings. The number of pyridine rings is 2. The van der Waals surface area contributed by atoms with Crippen LogP contribution in [-0.4, -0.2) is 126 Å². The molecule has 0 aliphatic rings. The molecule has 0 spiro atoms. The first kappa shape index (κ1) is 56.4. The Bertz CT molecular complexity index is 2560. The Morgan fingerprint density at radius 2 is 0.826 bits per heavy atom. The number of rotatable bonds is 28. The molecule has 0 saturated heterocycles. The number of aromatic nitrogens is 2. The largest absolute Gasteiger partial charge is 1.00 e. The summed E-state index contributed by atoms with van der Waals surface area (Å²) in [5.74, 6) is -1.98. The van der Waals surface area contributed by atoms with Crippen molar-refractivity contribution in [2.24, 2.45) is 0 Å². The average Bonchev–Trinajstić information content (AvgIpc) is 3.78. The maximum atomic E-state index is 13.6. The Labute approximate surface area is 442 Å². The van der Waals surface area contributed by atoms with E-state index < -0.39 is 23.5 Å². The van der Waals surface area contributed by atoms with Gasteiger partial charge in [0.15, 0.2) is 11.5 Å². The molecular formula is C48H52N4Na2O15. The molecule has 0 aliphatic carbocycles. The SMILES string of the molecule is COc1c(C)c(C(=O)c2ccc(N)c(C(=O)[O-])c2)n2cccc(OCCOCCOCCOCCOCCOCCOc3cccn4c(C(=O)c5ccc(N)c(C(=O)[O-])c5)c(C)c(OC)c34)c12.[Na+].[Na+]. The monoisotopic (exact) mass is 970 g/mol. The van der Waals surface area contributed by atoms with Gasteiger partial charge in [0.25, 0.3) is 0 Å². The summed E-state index contributed by atoms with van der Waals surface area (Å²) >= 11 is 0. The van der Waals surface area contributed by atoms with Gasteiger partial charge >= 0.3 is 59.1 Å². The number of hydrogen-bond donors (Lipinski definition) is 2. The molecule has 0 fully saturated rings. The smallest absolute Gasteiger partial charge is 0.545 e. The number of ether oxygens (including phenoxy) is 9. The number of benzene rings is 2. The number of carboxylic acid groups (broad SMARTS) is 2. The third-order valence-corrected chi connectivity index (χ3v) is 10.6. The van der Waals surface area contributed by atoms with Crippen LogP contribution in [0.25, 0.3) is 11.0 Å². The van der Waals surface area contributed by atoms with Crippen molar-refractivity contribution in [1.29, 1.82) is 0 Å². The number of methoxy groups -OCH3 is 2. The van der Waals surface area contributed by atoms with Crippen LogP contribution in [0.5, 0.6) is 23.0 Å². The molecule has 0 radical (unpaired) electrons. The second-order valence-corrected chi connectivity index (χ2v) is 14.8. The van der Waals surface area contributed by atoms with E-state index in [1.807, 2.05) is 0 Å². The summed E-state index contributed by atoms with van der Waals surface area (Å²) in [4.78, 5) is 50.3. The quantitative estimate of drug-likeness (QED) is 0.0212. The van der Waals surface area contributed by atoms with E-state index in [4.69, 9.17) is 54.1 Å². The molecular weight excluding hydrogens is 919 g/mol.